The van der Waals surface area contributed by atoms with Crippen molar-refractivity contribution in [1.29, 1.82) is 0 Å². The first-order chi connectivity index (χ1) is 10.5. The molecule has 3 nitrogen and oxygen atoms in total. The first-order valence-corrected chi connectivity index (χ1v) is 7.12. The molecule has 0 aliphatic rings. The van der Waals surface area contributed by atoms with Gasteiger partial charge in [0.15, 0.2) is 0 Å². The Morgan fingerprint density at radius 2 is 1.82 bits per heavy atom. The molecule has 0 saturated heterocycles. The third-order valence-corrected chi connectivity index (χ3v) is 3.28. The molecule has 0 saturated carbocycles. The molecule has 0 atom stereocenters. The molecule has 0 heterocycles. The Balaban J connectivity index is 1.71. The molecule has 2 aromatic rings. The van der Waals surface area contributed by atoms with Crippen LogP contribution >= 0.6 is 11.6 Å². The second-order valence-corrected chi connectivity index (χ2v) is 5.14. The van der Waals surface area contributed by atoms with Crippen LogP contribution < -0.4 is 10.6 Å². The van der Waals surface area contributed by atoms with Gasteiger partial charge in [0.1, 0.15) is 11.6 Å². The summed E-state index contributed by atoms with van der Waals surface area (Å²) in [6, 6.07) is 10.2. The molecule has 0 fully saturated rings. The fourth-order valence-corrected chi connectivity index (χ4v) is 2.05. The summed E-state index contributed by atoms with van der Waals surface area (Å²) in [6.07, 6.45) is 0.690. The van der Waals surface area contributed by atoms with Crippen LogP contribution in [-0.4, -0.2) is 19.0 Å². The van der Waals surface area contributed by atoms with Gasteiger partial charge in [-0.3, -0.25) is 4.79 Å². The number of carbonyl (C=O) groups excluding carboxylic acids is 1. The number of hydrogen-bond acceptors (Lipinski definition) is 2. The Kier molecular flexibility index (Phi) is 5.86. The molecule has 0 radical (unpaired) electrons. The molecular weight excluding hydrogens is 310 g/mol. The second-order valence-electron chi connectivity index (χ2n) is 4.73. The standard InChI is InChI=1S/C16H15ClF2N2O/c17-14-9-13(5-6-15(14)19)21-16(22)10-20-8-7-11-1-3-12(18)4-2-11/h1-6,9,20H,7-8,10H2,(H,21,22). The lowest BCUT2D eigenvalue weighted by Gasteiger charge is -2.07. The molecule has 0 aliphatic carbocycles. The smallest absolute Gasteiger partial charge is 0.238 e. The number of benzene rings is 2. The molecule has 0 aromatic heterocycles. The van der Waals surface area contributed by atoms with Crippen molar-refractivity contribution < 1.29 is 13.6 Å². The monoisotopic (exact) mass is 324 g/mol. The molecule has 2 rings (SSSR count). The van der Waals surface area contributed by atoms with E-state index in [1.165, 1.54) is 30.3 Å². The van der Waals surface area contributed by atoms with Gasteiger partial charge in [0.2, 0.25) is 5.91 Å². The van der Waals surface area contributed by atoms with Crippen LogP contribution in [0.25, 0.3) is 0 Å². The Hall–Kier alpha value is -1.98. The van der Waals surface area contributed by atoms with Gasteiger partial charge in [-0.05, 0) is 48.9 Å². The van der Waals surface area contributed by atoms with Crippen molar-refractivity contribution in [3.63, 3.8) is 0 Å². The van der Waals surface area contributed by atoms with Gasteiger partial charge in [-0.15, -0.1) is 0 Å². The highest BCUT2D eigenvalue weighted by atomic mass is 35.5. The van der Waals surface area contributed by atoms with E-state index in [-0.39, 0.29) is 23.3 Å². The molecule has 0 aliphatic heterocycles. The summed E-state index contributed by atoms with van der Waals surface area (Å²) < 4.78 is 25.7. The van der Waals surface area contributed by atoms with Crippen LogP contribution in [0.4, 0.5) is 14.5 Å². The average Bonchev–Trinajstić information content (AvgIpc) is 2.49. The molecule has 0 unspecified atom stereocenters. The van der Waals surface area contributed by atoms with Crippen LogP contribution in [0.15, 0.2) is 42.5 Å². The molecular formula is C16H15ClF2N2O. The SMILES string of the molecule is O=C(CNCCc1ccc(F)cc1)Nc1ccc(F)c(Cl)c1. The Morgan fingerprint density at radius 3 is 2.50 bits per heavy atom. The molecule has 0 spiro atoms. The predicted molar refractivity (Wildman–Crippen MR) is 83.0 cm³/mol. The van der Waals surface area contributed by atoms with Crippen LogP contribution in [0.2, 0.25) is 5.02 Å². The van der Waals surface area contributed by atoms with Crippen molar-refractivity contribution in [3.8, 4) is 0 Å². The minimum Gasteiger partial charge on any atom is -0.325 e. The summed E-state index contributed by atoms with van der Waals surface area (Å²) in [5.41, 5.74) is 1.43. The summed E-state index contributed by atoms with van der Waals surface area (Å²) in [5.74, 6) is -1.05. The van der Waals surface area contributed by atoms with Crippen LogP contribution in [-0.2, 0) is 11.2 Å². The van der Waals surface area contributed by atoms with Crippen molar-refractivity contribution in [2.24, 2.45) is 0 Å². The lowest BCUT2D eigenvalue weighted by atomic mass is 10.1. The Labute approximate surface area is 132 Å². The van der Waals surface area contributed by atoms with Gasteiger partial charge >= 0.3 is 0 Å². The van der Waals surface area contributed by atoms with Crippen LogP contribution in [0.3, 0.4) is 0 Å². The van der Waals surface area contributed by atoms with Gasteiger partial charge in [-0.25, -0.2) is 8.78 Å². The van der Waals surface area contributed by atoms with Gasteiger partial charge in [0.05, 0.1) is 11.6 Å². The van der Waals surface area contributed by atoms with Crippen molar-refractivity contribution in [1.82, 2.24) is 5.32 Å². The van der Waals surface area contributed by atoms with Crippen LogP contribution in [0.1, 0.15) is 5.56 Å². The summed E-state index contributed by atoms with van der Waals surface area (Å²) >= 11 is 5.63. The number of anilines is 1. The molecule has 2 N–H and O–H groups in total. The maximum Gasteiger partial charge on any atom is 0.238 e. The number of halogens is 3. The summed E-state index contributed by atoms with van der Waals surface area (Å²) in [7, 11) is 0. The van der Waals surface area contributed by atoms with Crippen molar-refractivity contribution >= 4 is 23.2 Å². The summed E-state index contributed by atoms with van der Waals surface area (Å²) in [4.78, 5) is 11.7. The lowest BCUT2D eigenvalue weighted by molar-refractivity contribution is -0.115. The average molecular weight is 325 g/mol. The highest BCUT2D eigenvalue weighted by molar-refractivity contribution is 6.31. The number of rotatable bonds is 6. The highest BCUT2D eigenvalue weighted by Gasteiger charge is 2.05. The van der Waals surface area contributed by atoms with Gasteiger partial charge in [0.25, 0.3) is 0 Å². The zero-order valence-electron chi connectivity index (χ0n) is 11.7. The maximum atomic E-state index is 13.0. The number of carbonyl (C=O) groups is 1. The largest absolute Gasteiger partial charge is 0.325 e. The van der Waals surface area contributed by atoms with Crippen LogP contribution in [0.5, 0.6) is 0 Å². The predicted octanol–water partition coefficient (Wildman–Crippen LogP) is 3.39. The normalized spacial score (nSPS) is 10.5. The van der Waals surface area contributed by atoms with E-state index >= 15 is 0 Å². The number of amides is 1. The second kappa shape index (κ2) is 7.87. The van der Waals surface area contributed by atoms with Gasteiger partial charge in [0, 0.05) is 5.69 Å². The van der Waals surface area contributed by atoms with E-state index in [1.54, 1.807) is 12.1 Å². The Bertz CT molecular complexity index is 647. The van der Waals surface area contributed by atoms with E-state index in [0.29, 0.717) is 18.7 Å². The maximum absolute atomic E-state index is 13.0. The molecule has 2 aromatic carbocycles. The van der Waals surface area contributed by atoms with Gasteiger partial charge in [-0.1, -0.05) is 23.7 Å². The van der Waals surface area contributed by atoms with E-state index in [2.05, 4.69) is 10.6 Å². The molecule has 22 heavy (non-hydrogen) atoms. The topological polar surface area (TPSA) is 41.1 Å². The minimum atomic E-state index is -0.530. The van der Waals surface area contributed by atoms with Gasteiger partial charge < -0.3 is 10.6 Å². The molecule has 116 valence electrons. The molecule has 6 heteroatoms. The van der Waals surface area contributed by atoms with E-state index in [0.717, 1.165) is 5.56 Å². The fraction of sp³-hybridized carbons (Fsp3) is 0.188. The van der Waals surface area contributed by atoms with Crippen molar-refractivity contribution in [2.75, 3.05) is 18.4 Å². The molecule has 0 bridgehead atoms. The minimum absolute atomic E-state index is 0.0398. The van der Waals surface area contributed by atoms with Crippen molar-refractivity contribution in [2.45, 2.75) is 6.42 Å². The quantitative estimate of drug-likeness (QED) is 0.800. The zero-order chi connectivity index (χ0) is 15.9. The third kappa shape index (κ3) is 5.09. The van der Waals surface area contributed by atoms with E-state index in [9.17, 15) is 13.6 Å². The lowest BCUT2D eigenvalue weighted by Crippen LogP contribution is -2.29. The van der Waals surface area contributed by atoms with Crippen molar-refractivity contribution in [3.05, 3.63) is 64.7 Å². The fourth-order valence-electron chi connectivity index (χ4n) is 1.86. The van der Waals surface area contributed by atoms with E-state index < -0.39 is 5.82 Å². The van der Waals surface area contributed by atoms with E-state index in [4.69, 9.17) is 11.6 Å². The summed E-state index contributed by atoms with van der Waals surface area (Å²) in [6.45, 7) is 0.708. The number of hydrogen-bond donors (Lipinski definition) is 2. The molecule has 1 amide bonds. The van der Waals surface area contributed by atoms with E-state index in [1.807, 2.05) is 0 Å². The van der Waals surface area contributed by atoms with Gasteiger partial charge in [-0.2, -0.15) is 0 Å². The first kappa shape index (κ1) is 16.4. The Morgan fingerprint density at radius 1 is 1.09 bits per heavy atom. The zero-order valence-corrected chi connectivity index (χ0v) is 12.5. The highest BCUT2D eigenvalue weighted by Crippen LogP contribution is 2.19. The number of nitrogens with one attached hydrogen (secondary N) is 2. The summed E-state index contributed by atoms with van der Waals surface area (Å²) in [5, 5.41) is 5.56. The third-order valence-electron chi connectivity index (χ3n) is 2.99. The first-order valence-electron chi connectivity index (χ1n) is 6.74. The van der Waals surface area contributed by atoms with Crippen LogP contribution in [0, 0.1) is 11.6 Å².